The van der Waals surface area contributed by atoms with E-state index in [9.17, 15) is 13.2 Å². The quantitative estimate of drug-likeness (QED) is 0.313. The van der Waals surface area contributed by atoms with Crippen LogP contribution in [0.15, 0.2) is 23.4 Å². The maximum absolute atomic E-state index is 11.5. The normalized spacial score (nSPS) is 12.2. The molecule has 0 unspecified atom stereocenters. The van der Waals surface area contributed by atoms with Crippen LogP contribution >= 0.6 is 0 Å². The third kappa shape index (κ3) is 4.59. The third-order valence-corrected chi connectivity index (χ3v) is 3.10. The van der Waals surface area contributed by atoms with E-state index in [-0.39, 0.29) is 5.84 Å². The van der Waals surface area contributed by atoms with Crippen molar-refractivity contribution in [2.45, 2.75) is 6.92 Å². The standard InChI is InChI=1S/C11H15N3O4S/c1-7-3-4-8(11(12)14-16)5-9(7)13-10(15)6-19(2,17)18/h3-5,16H,6H2,1-2H3,(H2,12,14)(H,13,15). The lowest BCUT2D eigenvalue weighted by atomic mass is 10.1. The summed E-state index contributed by atoms with van der Waals surface area (Å²) in [5, 5.41) is 13.9. The summed E-state index contributed by atoms with van der Waals surface area (Å²) in [6, 6.07) is 4.80. The maximum atomic E-state index is 11.5. The van der Waals surface area contributed by atoms with Crippen molar-refractivity contribution in [3.63, 3.8) is 0 Å². The van der Waals surface area contributed by atoms with Crippen molar-refractivity contribution in [1.82, 2.24) is 0 Å². The number of nitrogens with two attached hydrogens (primary N) is 1. The minimum atomic E-state index is -3.39. The molecule has 0 aliphatic heterocycles. The Hall–Kier alpha value is -2.09. The lowest BCUT2D eigenvalue weighted by molar-refractivity contribution is -0.113. The molecule has 1 aromatic carbocycles. The highest BCUT2D eigenvalue weighted by Gasteiger charge is 2.12. The molecular formula is C11H15N3O4S. The van der Waals surface area contributed by atoms with E-state index in [1.54, 1.807) is 19.1 Å². The minimum absolute atomic E-state index is 0.0985. The van der Waals surface area contributed by atoms with Gasteiger partial charge in [-0.2, -0.15) is 0 Å². The minimum Gasteiger partial charge on any atom is -0.409 e. The second-order valence-electron chi connectivity index (χ2n) is 4.13. The van der Waals surface area contributed by atoms with E-state index >= 15 is 0 Å². The van der Waals surface area contributed by atoms with Crippen molar-refractivity contribution in [3.8, 4) is 0 Å². The molecule has 0 heterocycles. The summed E-state index contributed by atoms with van der Waals surface area (Å²) in [7, 11) is -3.39. The summed E-state index contributed by atoms with van der Waals surface area (Å²) < 4.78 is 22.0. The fourth-order valence-corrected chi connectivity index (χ4v) is 1.95. The molecule has 0 saturated heterocycles. The van der Waals surface area contributed by atoms with Crippen molar-refractivity contribution >= 4 is 27.3 Å². The molecule has 0 atom stereocenters. The largest absolute Gasteiger partial charge is 0.409 e. The van der Waals surface area contributed by atoms with Gasteiger partial charge in [-0.15, -0.1) is 0 Å². The fourth-order valence-electron chi connectivity index (χ4n) is 1.40. The third-order valence-electron chi connectivity index (χ3n) is 2.31. The number of nitrogens with one attached hydrogen (secondary N) is 1. The number of nitrogens with zero attached hydrogens (tertiary/aromatic N) is 1. The van der Waals surface area contributed by atoms with Crippen LogP contribution in [-0.2, 0) is 14.6 Å². The molecule has 0 aliphatic carbocycles. The van der Waals surface area contributed by atoms with Crippen LogP contribution in [0.4, 0.5) is 5.69 Å². The Bertz CT molecular complexity index is 623. The van der Waals surface area contributed by atoms with Crippen LogP contribution in [0.25, 0.3) is 0 Å². The number of hydrogen-bond acceptors (Lipinski definition) is 5. The average Bonchev–Trinajstić information content (AvgIpc) is 2.28. The molecule has 0 spiro atoms. The average molecular weight is 285 g/mol. The molecule has 0 radical (unpaired) electrons. The highest BCUT2D eigenvalue weighted by atomic mass is 32.2. The number of rotatable bonds is 4. The Morgan fingerprint density at radius 2 is 2.11 bits per heavy atom. The molecular weight excluding hydrogens is 270 g/mol. The molecule has 19 heavy (non-hydrogen) atoms. The first-order valence-corrected chi connectivity index (χ1v) is 7.35. The van der Waals surface area contributed by atoms with Crippen molar-refractivity contribution < 1.29 is 18.4 Å². The fraction of sp³-hybridized carbons (Fsp3) is 0.273. The van der Waals surface area contributed by atoms with Gasteiger partial charge in [0.15, 0.2) is 15.7 Å². The Labute approximate surface area is 111 Å². The van der Waals surface area contributed by atoms with Crippen molar-refractivity contribution in [2.75, 3.05) is 17.3 Å². The van der Waals surface area contributed by atoms with Crippen LogP contribution < -0.4 is 11.1 Å². The summed E-state index contributed by atoms with van der Waals surface area (Å²) in [4.78, 5) is 11.5. The molecule has 0 bridgehead atoms. The van der Waals surface area contributed by atoms with Crippen molar-refractivity contribution in [1.29, 1.82) is 0 Å². The van der Waals surface area contributed by atoms with Crippen LogP contribution in [0.3, 0.4) is 0 Å². The predicted molar refractivity (Wildman–Crippen MR) is 72.0 cm³/mol. The van der Waals surface area contributed by atoms with Crippen LogP contribution in [0.1, 0.15) is 11.1 Å². The molecule has 0 aromatic heterocycles. The van der Waals surface area contributed by atoms with Crippen LogP contribution in [0, 0.1) is 6.92 Å². The zero-order chi connectivity index (χ0) is 14.6. The molecule has 1 rings (SSSR count). The van der Waals surface area contributed by atoms with Gasteiger partial charge in [0, 0.05) is 17.5 Å². The number of amides is 1. The van der Waals surface area contributed by atoms with Gasteiger partial charge in [-0.1, -0.05) is 17.3 Å². The Morgan fingerprint density at radius 1 is 1.47 bits per heavy atom. The summed E-state index contributed by atoms with van der Waals surface area (Å²) in [5.74, 6) is -1.33. The van der Waals surface area contributed by atoms with E-state index < -0.39 is 21.5 Å². The molecule has 4 N–H and O–H groups in total. The molecule has 0 fully saturated rings. The predicted octanol–water partition coefficient (Wildman–Crippen LogP) is 0.0726. The van der Waals surface area contributed by atoms with Gasteiger partial charge >= 0.3 is 0 Å². The number of oxime groups is 1. The van der Waals surface area contributed by atoms with E-state index in [1.807, 2.05) is 0 Å². The van der Waals surface area contributed by atoms with Gasteiger partial charge in [-0.3, -0.25) is 4.79 Å². The van der Waals surface area contributed by atoms with Crippen LogP contribution in [0.2, 0.25) is 0 Å². The number of carbonyl (C=O) groups is 1. The van der Waals surface area contributed by atoms with E-state index in [0.717, 1.165) is 11.8 Å². The van der Waals surface area contributed by atoms with Gasteiger partial charge in [0.25, 0.3) is 0 Å². The van der Waals surface area contributed by atoms with Gasteiger partial charge in [0.05, 0.1) is 0 Å². The van der Waals surface area contributed by atoms with Gasteiger partial charge < -0.3 is 16.3 Å². The van der Waals surface area contributed by atoms with Gasteiger partial charge in [-0.05, 0) is 18.6 Å². The van der Waals surface area contributed by atoms with Gasteiger partial charge in [-0.25, -0.2) is 8.42 Å². The zero-order valence-electron chi connectivity index (χ0n) is 10.5. The number of aryl methyl sites for hydroxylation is 1. The Balaban J connectivity index is 2.98. The monoisotopic (exact) mass is 285 g/mol. The molecule has 0 aliphatic rings. The van der Waals surface area contributed by atoms with Crippen LogP contribution in [0.5, 0.6) is 0 Å². The molecule has 7 nitrogen and oxygen atoms in total. The topological polar surface area (TPSA) is 122 Å². The van der Waals surface area contributed by atoms with E-state index in [0.29, 0.717) is 11.3 Å². The second kappa shape index (κ2) is 5.70. The first-order chi connectivity index (χ1) is 8.73. The SMILES string of the molecule is Cc1ccc(C(N)=NO)cc1NC(=O)CS(C)(=O)=O. The molecule has 1 amide bonds. The number of benzene rings is 1. The number of hydrogen-bond donors (Lipinski definition) is 3. The van der Waals surface area contributed by atoms with E-state index in [1.165, 1.54) is 6.07 Å². The molecule has 104 valence electrons. The summed E-state index contributed by atoms with van der Waals surface area (Å²) in [5.41, 5.74) is 7.00. The van der Waals surface area contributed by atoms with Crippen molar-refractivity contribution in [2.24, 2.45) is 10.9 Å². The van der Waals surface area contributed by atoms with Crippen LogP contribution in [-0.4, -0.2) is 37.4 Å². The lowest BCUT2D eigenvalue weighted by Gasteiger charge is -2.09. The Morgan fingerprint density at radius 3 is 2.63 bits per heavy atom. The first kappa shape index (κ1) is 15.0. The van der Waals surface area contributed by atoms with E-state index in [2.05, 4.69) is 10.5 Å². The first-order valence-electron chi connectivity index (χ1n) is 5.29. The lowest BCUT2D eigenvalue weighted by Crippen LogP contribution is -2.22. The maximum Gasteiger partial charge on any atom is 0.239 e. The number of carbonyl (C=O) groups excluding carboxylic acids is 1. The van der Waals surface area contributed by atoms with Crippen molar-refractivity contribution in [3.05, 3.63) is 29.3 Å². The highest BCUT2D eigenvalue weighted by Crippen LogP contribution is 2.17. The smallest absolute Gasteiger partial charge is 0.239 e. The molecule has 0 saturated carbocycles. The molecule has 1 aromatic rings. The van der Waals surface area contributed by atoms with Gasteiger partial charge in [0.2, 0.25) is 5.91 Å². The molecule has 8 heteroatoms. The number of anilines is 1. The highest BCUT2D eigenvalue weighted by molar-refractivity contribution is 7.91. The number of amidine groups is 1. The van der Waals surface area contributed by atoms with E-state index in [4.69, 9.17) is 10.9 Å². The summed E-state index contributed by atoms with van der Waals surface area (Å²) in [6.07, 6.45) is 0.978. The summed E-state index contributed by atoms with van der Waals surface area (Å²) >= 11 is 0. The zero-order valence-corrected chi connectivity index (χ0v) is 11.4. The number of sulfone groups is 1. The Kier molecular flexibility index (Phi) is 4.49. The summed E-state index contributed by atoms with van der Waals surface area (Å²) in [6.45, 7) is 1.74. The van der Waals surface area contributed by atoms with Gasteiger partial charge in [0.1, 0.15) is 5.75 Å². The second-order valence-corrected chi connectivity index (χ2v) is 6.27.